The van der Waals surface area contributed by atoms with E-state index >= 15 is 0 Å². The number of ether oxygens (including phenoxy) is 1. The van der Waals surface area contributed by atoms with Crippen LogP contribution in [0.4, 0.5) is 14.2 Å². The van der Waals surface area contributed by atoms with Gasteiger partial charge in [0.15, 0.2) is 0 Å². The Bertz CT molecular complexity index is 1100. The van der Waals surface area contributed by atoms with Gasteiger partial charge in [-0.1, -0.05) is 0 Å². The molecule has 1 saturated heterocycles. The minimum absolute atomic E-state index is 0.0627. The molecule has 5 N–H and O–H groups in total. The van der Waals surface area contributed by atoms with Crippen LogP contribution in [0.3, 0.4) is 0 Å². The van der Waals surface area contributed by atoms with Gasteiger partial charge in [-0.3, -0.25) is 14.9 Å². The Hall–Kier alpha value is -3.25. The molecular weight excluding hydrogens is 487 g/mol. The molecule has 12 heteroatoms. The van der Waals surface area contributed by atoms with Crippen molar-refractivity contribution in [2.45, 2.75) is 51.2 Å². The van der Waals surface area contributed by atoms with Gasteiger partial charge in [0.25, 0.3) is 11.8 Å². The predicted octanol–water partition coefficient (Wildman–Crippen LogP) is 2.85. The molecule has 1 aromatic heterocycles. The Morgan fingerprint density at radius 3 is 2.67 bits per heavy atom. The Morgan fingerprint density at radius 1 is 1.17 bits per heavy atom. The van der Waals surface area contributed by atoms with Crippen molar-refractivity contribution in [2.24, 2.45) is 5.73 Å². The number of halogens is 1. The molecule has 0 unspecified atom stereocenters. The van der Waals surface area contributed by atoms with Crippen LogP contribution in [-0.4, -0.2) is 59.3 Å². The second-order valence-electron chi connectivity index (χ2n) is 9.08. The number of carbonyl (C=O) groups is 3. The molecule has 1 aliphatic carbocycles. The normalized spacial score (nSPS) is 15.5. The predicted molar refractivity (Wildman–Crippen MR) is 134 cm³/mol. The number of primary amides is 1. The number of hydrogen-bond acceptors (Lipinski definition) is 7. The van der Waals surface area contributed by atoms with Gasteiger partial charge in [0.2, 0.25) is 5.88 Å². The van der Waals surface area contributed by atoms with E-state index < -0.39 is 17.8 Å². The van der Waals surface area contributed by atoms with Crippen LogP contribution in [0.15, 0.2) is 18.2 Å². The summed E-state index contributed by atoms with van der Waals surface area (Å²) in [6.07, 6.45) is 6.19. The summed E-state index contributed by atoms with van der Waals surface area (Å²) in [6.45, 7) is 3.69. The van der Waals surface area contributed by atoms with E-state index in [1.807, 2.05) is 0 Å². The minimum Gasteiger partial charge on any atom is -0.472 e. The van der Waals surface area contributed by atoms with Gasteiger partial charge in [-0.25, -0.2) is 9.18 Å². The van der Waals surface area contributed by atoms with Crippen LogP contribution >= 0.6 is 11.5 Å². The second kappa shape index (κ2) is 12.1. The van der Waals surface area contributed by atoms with E-state index in [0.717, 1.165) is 62.9 Å². The molecule has 194 valence electrons. The molecule has 2 aliphatic rings. The molecule has 4 rings (SSSR count). The van der Waals surface area contributed by atoms with Crippen LogP contribution in [-0.2, 0) is 6.61 Å². The molecule has 0 atom stereocenters. The highest BCUT2D eigenvalue weighted by Gasteiger charge is 2.25. The summed E-state index contributed by atoms with van der Waals surface area (Å²) in [6, 6.07) is 3.59. The van der Waals surface area contributed by atoms with Crippen molar-refractivity contribution in [3.63, 3.8) is 0 Å². The number of carbonyl (C=O) groups excluding carboxylic acids is 3. The molecule has 0 radical (unpaired) electrons. The van der Waals surface area contributed by atoms with Crippen molar-refractivity contribution in [3.05, 3.63) is 40.7 Å². The average Bonchev–Trinajstić information content (AvgIpc) is 3.32. The molecule has 4 amide bonds. The number of hydrogen-bond donors (Lipinski definition) is 4. The lowest BCUT2D eigenvalue weighted by Crippen LogP contribution is -2.30. The van der Waals surface area contributed by atoms with Crippen LogP contribution in [0.25, 0.3) is 0 Å². The third kappa shape index (κ3) is 7.37. The van der Waals surface area contributed by atoms with E-state index in [4.69, 9.17) is 10.5 Å². The van der Waals surface area contributed by atoms with Gasteiger partial charge in [0.05, 0.1) is 0 Å². The highest BCUT2D eigenvalue weighted by atomic mass is 32.1. The standard InChI is InChI=1S/C24H31FN6O4S/c25-17-12-15(11-16(13-17)21(33)28-18-5-6-18)14-35-22-19(20(26)32)23(36-30-22)29-24(34)27-7-1-2-8-31-9-3-4-10-31/h11-13,18H,1-10,14H2,(H2,26,32)(H,28,33)(H2,27,29,34). The highest BCUT2D eigenvalue weighted by Crippen LogP contribution is 2.31. The number of amides is 4. The maximum absolute atomic E-state index is 14.1. The van der Waals surface area contributed by atoms with E-state index in [1.165, 1.54) is 25.0 Å². The van der Waals surface area contributed by atoms with Crippen LogP contribution in [0.2, 0.25) is 0 Å². The molecular formula is C24H31FN6O4S. The molecule has 0 spiro atoms. The lowest BCUT2D eigenvalue weighted by Gasteiger charge is -2.14. The molecule has 1 aromatic carbocycles. The molecule has 0 bridgehead atoms. The zero-order valence-corrected chi connectivity index (χ0v) is 20.8. The first kappa shape index (κ1) is 25.8. The fourth-order valence-corrected chi connectivity index (χ4v) is 4.74. The monoisotopic (exact) mass is 518 g/mol. The Balaban J connectivity index is 1.29. The second-order valence-corrected chi connectivity index (χ2v) is 9.85. The number of rotatable bonds is 12. The minimum atomic E-state index is -0.816. The lowest BCUT2D eigenvalue weighted by molar-refractivity contribution is 0.0949. The molecule has 1 saturated carbocycles. The highest BCUT2D eigenvalue weighted by molar-refractivity contribution is 7.11. The van der Waals surface area contributed by atoms with Crippen LogP contribution in [0.1, 0.15) is 64.8 Å². The third-order valence-corrected chi connectivity index (χ3v) is 6.77. The Labute approximate surface area is 212 Å². The molecule has 36 heavy (non-hydrogen) atoms. The van der Waals surface area contributed by atoms with Crippen molar-refractivity contribution in [2.75, 3.05) is 31.5 Å². The number of nitrogens with zero attached hydrogens (tertiary/aromatic N) is 2. The summed E-state index contributed by atoms with van der Waals surface area (Å²) in [4.78, 5) is 39.0. The molecule has 2 heterocycles. The topological polar surface area (TPSA) is 139 Å². The van der Waals surface area contributed by atoms with Crippen molar-refractivity contribution >= 4 is 34.4 Å². The fraction of sp³-hybridized carbons (Fsp3) is 0.500. The van der Waals surface area contributed by atoms with Crippen LogP contribution in [0, 0.1) is 5.82 Å². The van der Waals surface area contributed by atoms with Gasteiger partial charge in [0.1, 0.15) is 23.0 Å². The maximum atomic E-state index is 14.1. The first-order chi connectivity index (χ1) is 17.4. The average molecular weight is 519 g/mol. The number of aromatic nitrogens is 1. The number of likely N-dealkylation sites (tertiary alicyclic amines) is 1. The van der Waals surface area contributed by atoms with Crippen molar-refractivity contribution in [1.82, 2.24) is 19.9 Å². The summed E-state index contributed by atoms with van der Waals surface area (Å²) >= 11 is 0.861. The first-order valence-electron chi connectivity index (χ1n) is 12.2. The molecule has 2 aromatic rings. The van der Waals surface area contributed by atoms with E-state index in [9.17, 15) is 18.8 Å². The molecule has 10 nitrogen and oxygen atoms in total. The van der Waals surface area contributed by atoms with Crippen molar-refractivity contribution in [3.8, 4) is 5.88 Å². The Kier molecular flexibility index (Phi) is 8.70. The number of urea groups is 1. The summed E-state index contributed by atoms with van der Waals surface area (Å²) in [5.74, 6) is -1.81. The number of unbranched alkanes of at least 4 members (excludes halogenated alkanes) is 1. The largest absolute Gasteiger partial charge is 0.472 e. The quantitative estimate of drug-likeness (QED) is 0.319. The SMILES string of the molecule is NC(=O)c1c(OCc2cc(F)cc(C(=O)NC3CC3)c2)nsc1NC(=O)NCCCCN1CCCC1. The third-order valence-electron chi connectivity index (χ3n) is 6.03. The summed E-state index contributed by atoms with van der Waals surface area (Å²) in [5.41, 5.74) is 6.02. The van der Waals surface area contributed by atoms with Gasteiger partial charge in [-0.05, 0) is 93.5 Å². The smallest absolute Gasteiger partial charge is 0.319 e. The first-order valence-corrected chi connectivity index (χ1v) is 13.0. The van der Waals surface area contributed by atoms with E-state index in [1.54, 1.807) is 0 Å². The number of nitrogens with two attached hydrogens (primary N) is 1. The van der Waals surface area contributed by atoms with Gasteiger partial charge >= 0.3 is 6.03 Å². The number of benzene rings is 1. The summed E-state index contributed by atoms with van der Waals surface area (Å²) < 4.78 is 23.8. The van der Waals surface area contributed by atoms with E-state index in [2.05, 4.69) is 25.2 Å². The van der Waals surface area contributed by atoms with Crippen molar-refractivity contribution in [1.29, 1.82) is 0 Å². The molecule has 1 aliphatic heterocycles. The Morgan fingerprint density at radius 2 is 1.94 bits per heavy atom. The zero-order valence-electron chi connectivity index (χ0n) is 20.0. The molecule has 2 fully saturated rings. The van der Waals surface area contributed by atoms with Crippen LogP contribution in [0.5, 0.6) is 5.88 Å². The van der Waals surface area contributed by atoms with Gasteiger partial charge < -0.3 is 26.0 Å². The van der Waals surface area contributed by atoms with Crippen LogP contribution < -0.4 is 26.4 Å². The summed E-state index contributed by atoms with van der Waals surface area (Å²) in [7, 11) is 0. The number of nitrogens with one attached hydrogen (secondary N) is 3. The zero-order chi connectivity index (χ0) is 25.5. The maximum Gasteiger partial charge on any atom is 0.319 e. The van der Waals surface area contributed by atoms with Gasteiger partial charge in [-0.2, -0.15) is 4.37 Å². The fourth-order valence-electron chi connectivity index (χ4n) is 4.01. The summed E-state index contributed by atoms with van der Waals surface area (Å²) in [5, 5.41) is 8.34. The van der Waals surface area contributed by atoms with Gasteiger partial charge in [-0.15, -0.1) is 0 Å². The van der Waals surface area contributed by atoms with Gasteiger partial charge in [0, 0.05) is 18.2 Å². The number of anilines is 1. The van der Waals surface area contributed by atoms with E-state index in [0.29, 0.717) is 12.1 Å². The van der Waals surface area contributed by atoms with E-state index in [-0.39, 0.29) is 40.6 Å². The van der Waals surface area contributed by atoms with Crippen molar-refractivity contribution < 1.29 is 23.5 Å². The lowest BCUT2D eigenvalue weighted by atomic mass is 10.1.